The summed E-state index contributed by atoms with van der Waals surface area (Å²) >= 11 is 0. The lowest BCUT2D eigenvalue weighted by molar-refractivity contribution is -0.110. The number of hydrogen-bond donors (Lipinski definition) is 3. The Bertz CT molecular complexity index is 1580. The fraction of sp³-hybridized carbons (Fsp3) is 0.308. The van der Waals surface area contributed by atoms with Crippen LogP contribution in [0.2, 0.25) is 0 Å². The summed E-state index contributed by atoms with van der Waals surface area (Å²) in [6, 6.07) is 15.8. The van der Waals surface area contributed by atoms with Gasteiger partial charge in [-0.2, -0.15) is 13.8 Å². The number of hydrogen-bond acceptors (Lipinski definition) is 7. The maximum atomic E-state index is 15.0. The average molecular weight is 546 g/mol. The van der Waals surface area contributed by atoms with Gasteiger partial charge < -0.3 is 19.6 Å². The molecule has 2 aromatic heterocycles. The predicted molar refractivity (Wildman–Crippen MR) is 138 cm³/mol. The number of nitrogens with zero attached hydrogens (tertiary/aromatic N) is 3. The number of pyridine rings is 1. The van der Waals surface area contributed by atoms with Gasteiger partial charge in [0, 0.05) is 42.9 Å². The van der Waals surface area contributed by atoms with E-state index in [0.717, 1.165) is 16.0 Å². The fourth-order valence-corrected chi connectivity index (χ4v) is 5.14. The van der Waals surface area contributed by atoms with Gasteiger partial charge >= 0.3 is 5.92 Å². The van der Waals surface area contributed by atoms with Crippen molar-refractivity contribution in [3.63, 3.8) is 0 Å². The molecule has 38 heavy (non-hydrogen) atoms. The number of nitrogens with one attached hydrogen (secondary N) is 2. The Morgan fingerprint density at radius 3 is 2.39 bits per heavy atom. The number of imidazole rings is 1. The van der Waals surface area contributed by atoms with E-state index in [1.807, 2.05) is 36.4 Å². The summed E-state index contributed by atoms with van der Waals surface area (Å²) in [4.78, 5) is 12.0. The summed E-state index contributed by atoms with van der Waals surface area (Å²) in [6.45, 7) is -0.799. The lowest BCUT2D eigenvalue weighted by Crippen LogP contribution is -2.42. The molecular weight excluding hydrogens is 519 g/mol. The molecule has 3 N–H and O–H groups in total. The van der Waals surface area contributed by atoms with E-state index in [0.29, 0.717) is 5.56 Å². The van der Waals surface area contributed by atoms with E-state index in [9.17, 15) is 13.2 Å². The molecule has 8 nitrogen and oxygen atoms in total. The van der Waals surface area contributed by atoms with Crippen LogP contribution in [-0.2, 0) is 14.4 Å². The van der Waals surface area contributed by atoms with E-state index in [2.05, 4.69) is 19.3 Å². The second-order valence-electron chi connectivity index (χ2n) is 9.01. The minimum atomic E-state index is -3.32. The van der Waals surface area contributed by atoms with E-state index in [1.165, 1.54) is 6.07 Å². The molecule has 2 aromatic carbocycles. The summed E-state index contributed by atoms with van der Waals surface area (Å²) in [5.41, 5.74) is 2.76. The molecule has 200 valence electrons. The standard InChI is InChI=1S/C26H26F3N5O3S/c1-31-38(2,30)18-9-7-16(8-10-18)15-3-5-17(6-4-15)23-19(27)13-20-24(33-23)34-25(32-20)37-22-14-36-21(11-12-35)26(22,28)29/h3-10,13,21-22,30,35H,11-12,14H2,1-2H3,(H,32,33,34)/t21-,22-,38?/m1/s1. The van der Waals surface area contributed by atoms with Crippen LogP contribution in [0.1, 0.15) is 6.42 Å². The molecule has 3 atom stereocenters. The predicted octanol–water partition coefficient (Wildman–Crippen LogP) is 5.31. The second-order valence-corrected chi connectivity index (χ2v) is 11.6. The van der Waals surface area contributed by atoms with Gasteiger partial charge in [-0.3, -0.25) is 9.14 Å². The number of aromatic nitrogens is 3. The molecule has 12 heteroatoms. The zero-order chi connectivity index (χ0) is 27.1. The van der Waals surface area contributed by atoms with Crippen LogP contribution in [0.15, 0.2) is 63.9 Å². The van der Waals surface area contributed by atoms with Crippen molar-refractivity contribution in [3.05, 3.63) is 60.4 Å². The maximum Gasteiger partial charge on any atom is 0.312 e. The SMILES string of the molecule is CN=S(C)(=N)c1ccc(-c2ccc(-c3nc4nc(O[C@@H]5CO[C@H](CCO)C5(F)F)[nH]c4cc3F)cc2)cc1. The van der Waals surface area contributed by atoms with Crippen LogP contribution >= 0.6 is 0 Å². The van der Waals surface area contributed by atoms with E-state index < -0.39 is 40.2 Å². The van der Waals surface area contributed by atoms with Crippen LogP contribution in [0.3, 0.4) is 0 Å². The van der Waals surface area contributed by atoms with E-state index in [-0.39, 0.29) is 35.9 Å². The largest absolute Gasteiger partial charge is 0.452 e. The molecule has 0 radical (unpaired) electrons. The first-order valence-corrected chi connectivity index (χ1v) is 13.8. The third kappa shape index (κ3) is 4.86. The molecule has 1 aliphatic heterocycles. The first-order chi connectivity index (χ1) is 18.1. The third-order valence-corrected chi connectivity index (χ3v) is 8.45. The lowest BCUT2D eigenvalue weighted by atomic mass is 10.0. The van der Waals surface area contributed by atoms with Crippen molar-refractivity contribution in [2.75, 3.05) is 26.5 Å². The summed E-state index contributed by atoms with van der Waals surface area (Å²) < 4.78 is 66.8. The Labute approximate surface area is 217 Å². The number of aliphatic hydroxyl groups excluding tert-OH is 1. The van der Waals surface area contributed by atoms with Crippen molar-refractivity contribution in [3.8, 4) is 28.4 Å². The number of fused-ring (bicyclic) bond motifs is 1. The zero-order valence-electron chi connectivity index (χ0n) is 20.6. The Kier molecular flexibility index (Phi) is 6.88. The van der Waals surface area contributed by atoms with Gasteiger partial charge in [0.25, 0.3) is 6.01 Å². The molecule has 0 bridgehead atoms. The molecule has 1 unspecified atom stereocenters. The van der Waals surface area contributed by atoms with Crippen LogP contribution in [0, 0.1) is 10.6 Å². The van der Waals surface area contributed by atoms with Crippen LogP contribution in [-0.4, -0.2) is 64.7 Å². The third-order valence-electron chi connectivity index (χ3n) is 6.53. The van der Waals surface area contributed by atoms with Gasteiger partial charge in [-0.15, -0.1) is 0 Å². The van der Waals surface area contributed by atoms with Gasteiger partial charge in [0.15, 0.2) is 17.6 Å². The van der Waals surface area contributed by atoms with Crippen LogP contribution in [0.25, 0.3) is 33.5 Å². The molecule has 4 aromatic rings. The first-order valence-electron chi connectivity index (χ1n) is 11.8. The summed E-state index contributed by atoms with van der Waals surface area (Å²) in [6.07, 6.45) is -1.46. The van der Waals surface area contributed by atoms with Crippen molar-refractivity contribution in [1.82, 2.24) is 15.0 Å². The van der Waals surface area contributed by atoms with E-state index in [1.54, 1.807) is 25.4 Å². The first kappa shape index (κ1) is 26.1. The van der Waals surface area contributed by atoms with E-state index in [4.69, 9.17) is 19.4 Å². The van der Waals surface area contributed by atoms with Gasteiger partial charge in [-0.05, 0) is 32.9 Å². The zero-order valence-corrected chi connectivity index (χ0v) is 21.4. The molecule has 0 amide bonds. The fourth-order valence-electron chi connectivity index (χ4n) is 4.27. The number of aliphatic hydroxyl groups is 1. The van der Waals surface area contributed by atoms with Crippen molar-refractivity contribution >= 4 is 20.8 Å². The highest BCUT2D eigenvalue weighted by atomic mass is 32.2. The normalized spacial score (nSPS) is 20.4. The molecule has 1 fully saturated rings. The van der Waals surface area contributed by atoms with Gasteiger partial charge in [-0.1, -0.05) is 36.4 Å². The maximum absolute atomic E-state index is 15.0. The highest BCUT2D eigenvalue weighted by molar-refractivity contribution is 7.94. The van der Waals surface area contributed by atoms with Crippen molar-refractivity contribution < 1.29 is 27.8 Å². The quantitative estimate of drug-likeness (QED) is 0.291. The molecule has 1 saturated heterocycles. The highest BCUT2D eigenvalue weighted by Crippen LogP contribution is 2.36. The number of ether oxygens (including phenoxy) is 2. The number of rotatable bonds is 7. The van der Waals surface area contributed by atoms with Gasteiger partial charge in [0.05, 0.1) is 12.1 Å². The minimum Gasteiger partial charge on any atom is -0.452 e. The monoisotopic (exact) mass is 545 g/mol. The Morgan fingerprint density at radius 2 is 1.76 bits per heavy atom. The van der Waals surface area contributed by atoms with Crippen molar-refractivity contribution in [2.24, 2.45) is 4.36 Å². The number of halogens is 3. The molecule has 0 spiro atoms. The summed E-state index contributed by atoms with van der Waals surface area (Å²) in [5.74, 6) is -3.93. The van der Waals surface area contributed by atoms with Crippen LogP contribution in [0.4, 0.5) is 13.2 Å². The lowest BCUT2D eigenvalue weighted by Gasteiger charge is -2.21. The summed E-state index contributed by atoms with van der Waals surface area (Å²) in [5, 5.41) is 8.97. The Morgan fingerprint density at radius 1 is 1.13 bits per heavy atom. The molecule has 0 aliphatic carbocycles. The number of alkyl halides is 2. The van der Waals surface area contributed by atoms with Crippen molar-refractivity contribution in [1.29, 1.82) is 4.78 Å². The van der Waals surface area contributed by atoms with Crippen LogP contribution < -0.4 is 4.74 Å². The average Bonchev–Trinajstić information content (AvgIpc) is 3.43. The molecule has 1 aliphatic rings. The summed E-state index contributed by atoms with van der Waals surface area (Å²) in [7, 11) is -0.276. The topological polar surface area (TPSA) is 116 Å². The van der Waals surface area contributed by atoms with Crippen molar-refractivity contribution in [2.45, 2.75) is 29.4 Å². The smallest absolute Gasteiger partial charge is 0.312 e. The second kappa shape index (κ2) is 10.0. The molecule has 3 heterocycles. The number of H-pyrrole nitrogens is 1. The number of benzene rings is 2. The Hall–Kier alpha value is -3.48. The molecular formula is C26H26F3N5O3S. The van der Waals surface area contributed by atoms with E-state index >= 15 is 0 Å². The Balaban J connectivity index is 1.37. The van der Waals surface area contributed by atoms with Gasteiger partial charge in [-0.25, -0.2) is 9.37 Å². The van der Waals surface area contributed by atoms with Gasteiger partial charge in [0.1, 0.15) is 11.8 Å². The van der Waals surface area contributed by atoms with Crippen LogP contribution in [0.5, 0.6) is 6.01 Å². The molecule has 0 saturated carbocycles. The van der Waals surface area contributed by atoms with Gasteiger partial charge in [0.2, 0.25) is 0 Å². The highest BCUT2D eigenvalue weighted by Gasteiger charge is 2.55. The minimum absolute atomic E-state index is 0.0631. The molecule has 5 rings (SSSR count). The number of aromatic amines is 1.